The predicted molar refractivity (Wildman–Crippen MR) is 84.3 cm³/mol. The van der Waals surface area contributed by atoms with E-state index in [1.807, 2.05) is 18.2 Å². The van der Waals surface area contributed by atoms with Gasteiger partial charge in [-0.3, -0.25) is 0 Å². The van der Waals surface area contributed by atoms with Gasteiger partial charge in [-0.1, -0.05) is 13.0 Å². The number of anilines is 1. The molecule has 5 nitrogen and oxygen atoms in total. The third-order valence-electron chi connectivity index (χ3n) is 3.03. The van der Waals surface area contributed by atoms with Gasteiger partial charge in [-0.25, -0.2) is 4.98 Å². The lowest BCUT2D eigenvalue weighted by atomic mass is 10.3. The summed E-state index contributed by atoms with van der Waals surface area (Å²) >= 11 is 1.61. The maximum absolute atomic E-state index is 5.87. The zero-order chi connectivity index (χ0) is 14.8. The molecule has 0 radical (unpaired) electrons. The Morgan fingerprint density at radius 3 is 2.76 bits per heavy atom. The van der Waals surface area contributed by atoms with Gasteiger partial charge in [-0.05, 0) is 24.6 Å². The Labute approximate surface area is 126 Å². The first-order valence-corrected chi connectivity index (χ1v) is 7.39. The van der Waals surface area contributed by atoms with E-state index in [0.717, 1.165) is 22.4 Å². The maximum atomic E-state index is 5.87. The fraction of sp³-hybridized carbons (Fsp3) is 0.200. The summed E-state index contributed by atoms with van der Waals surface area (Å²) in [7, 11) is 1.62. The third-order valence-corrected chi connectivity index (χ3v) is 4.20. The Bertz CT molecular complexity index is 786. The first-order valence-electron chi connectivity index (χ1n) is 6.57. The van der Waals surface area contributed by atoms with Gasteiger partial charge in [0.25, 0.3) is 0 Å². The molecule has 0 aliphatic rings. The SMILES string of the molecule is CCc1cc2c(Oc3cccc(OC)c3)nc(N)nc2s1. The van der Waals surface area contributed by atoms with Crippen molar-refractivity contribution >= 4 is 27.5 Å². The van der Waals surface area contributed by atoms with Gasteiger partial charge in [0.1, 0.15) is 16.3 Å². The molecule has 6 heteroatoms. The molecule has 1 aromatic carbocycles. The van der Waals surface area contributed by atoms with Gasteiger partial charge in [0, 0.05) is 10.9 Å². The lowest BCUT2D eigenvalue weighted by molar-refractivity contribution is 0.408. The first-order chi connectivity index (χ1) is 10.2. The number of aromatic nitrogens is 2. The molecule has 0 unspecified atom stereocenters. The number of benzene rings is 1. The van der Waals surface area contributed by atoms with Crippen LogP contribution in [0, 0.1) is 0 Å². The minimum Gasteiger partial charge on any atom is -0.497 e. The van der Waals surface area contributed by atoms with Crippen molar-refractivity contribution in [2.75, 3.05) is 12.8 Å². The van der Waals surface area contributed by atoms with E-state index in [1.54, 1.807) is 24.5 Å². The lowest BCUT2D eigenvalue weighted by Gasteiger charge is -2.07. The quantitative estimate of drug-likeness (QED) is 0.796. The summed E-state index contributed by atoms with van der Waals surface area (Å²) < 4.78 is 11.1. The minimum absolute atomic E-state index is 0.213. The molecule has 0 aliphatic carbocycles. The highest BCUT2D eigenvalue weighted by molar-refractivity contribution is 7.18. The predicted octanol–water partition coefficient (Wildman–Crippen LogP) is 3.64. The van der Waals surface area contributed by atoms with E-state index in [9.17, 15) is 0 Å². The number of hydrogen-bond acceptors (Lipinski definition) is 6. The van der Waals surface area contributed by atoms with Gasteiger partial charge >= 0.3 is 0 Å². The van der Waals surface area contributed by atoms with Gasteiger partial charge in [-0.15, -0.1) is 11.3 Å². The molecule has 108 valence electrons. The van der Waals surface area contributed by atoms with Crippen LogP contribution in [-0.4, -0.2) is 17.1 Å². The Hall–Kier alpha value is -2.34. The van der Waals surface area contributed by atoms with Crippen molar-refractivity contribution in [1.82, 2.24) is 9.97 Å². The van der Waals surface area contributed by atoms with Crippen LogP contribution in [0.4, 0.5) is 5.95 Å². The summed E-state index contributed by atoms with van der Waals surface area (Å²) in [6.45, 7) is 2.10. The fourth-order valence-electron chi connectivity index (χ4n) is 1.99. The van der Waals surface area contributed by atoms with Gasteiger partial charge in [0.15, 0.2) is 0 Å². The molecular weight excluding hydrogens is 286 g/mol. The van der Waals surface area contributed by atoms with E-state index < -0.39 is 0 Å². The Kier molecular flexibility index (Phi) is 3.62. The normalized spacial score (nSPS) is 10.8. The molecule has 2 aromatic heterocycles. The average molecular weight is 301 g/mol. The number of hydrogen-bond donors (Lipinski definition) is 1. The Balaban J connectivity index is 2.04. The van der Waals surface area contributed by atoms with Crippen LogP contribution in [0.2, 0.25) is 0 Å². The second kappa shape index (κ2) is 5.57. The average Bonchev–Trinajstić information content (AvgIpc) is 2.90. The van der Waals surface area contributed by atoms with Crippen molar-refractivity contribution in [1.29, 1.82) is 0 Å². The van der Waals surface area contributed by atoms with Crippen LogP contribution in [-0.2, 0) is 6.42 Å². The van der Waals surface area contributed by atoms with Crippen LogP contribution < -0.4 is 15.2 Å². The van der Waals surface area contributed by atoms with Crippen LogP contribution in [0.15, 0.2) is 30.3 Å². The molecule has 2 heterocycles. The summed E-state index contributed by atoms with van der Waals surface area (Å²) in [6, 6.07) is 9.42. The van der Waals surface area contributed by atoms with Gasteiger partial charge < -0.3 is 15.2 Å². The second-order valence-electron chi connectivity index (χ2n) is 4.45. The molecule has 0 spiro atoms. The van der Waals surface area contributed by atoms with Crippen LogP contribution in [0.1, 0.15) is 11.8 Å². The van der Waals surface area contributed by atoms with Gasteiger partial charge in [0.2, 0.25) is 11.8 Å². The fourth-order valence-corrected chi connectivity index (χ4v) is 2.95. The highest BCUT2D eigenvalue weighted by Crippen LogP contribution is 2.34. The van der Waals surface area contributed by atoms with Crippen LogP contribution in [0.5, 0.6) is 17.4 Å². The molecular formula is C15H15N3O2S. The molecule has 2 N–H and O–H groups in total. The topological polar surface area (TPSA) is 70.3 Å². The molecule has 0 fully saturated rings. The van der Waals surface area contributed by atoms with E-state index in [-0.39, 0.29) is 5.95 Å². The number of ether oxygens (including phenoxy) is 2. The van der Waals surface area contributed by atoms with E-state index >= 15 is 0 Å². The first kappa shape index (κ1) is 13.6. The van der Waals surface area contributed by atoms with Crippen molar-refractivity contribution in [2.24, 2.45) is 0 Å². The maximum Gasteiger partial charge on any atom is 0.232 e. The standard InChI is InChI=1S/C15H15N3O2S/c1-3-11-8-12-13(17-15(16)18-14(12)21-11)20-10-6-4-5-9(7-10)19-2/h4-8H,3H2,1-2H3,(H2,16,17,18). The van der Waals surface area contributed by atoms with Crippen molar-refractivity contribution in [2.45, 2.75) is 13.3 Å². The molecule has 0 atom stereocenters. The summed E-state index contributed by atoms with van der Waals surface area (Å²) in [5, 5.41) is 0.883. The number of fused-ring (bicyclic) bond motifs is 1. The smallest absolute Gasteiger partial charge is 0.232 e. The summed E-state index contributed by atoms with van der Waals surface area (Å²) in [5.74, 6) is 2.06. The number of nitrogen functional groups attached to an aromatic ring is 1. The number of aryl methyl sites for hydroxylation is 1. The van der Waals surface area contributed by atoms with Crippen LogP contribution in [0.25, 0.3) is 10.2 Å². The zero-order valence-corrected chi connectivity index (χ0v) is 12.6. The molecule has 0 bridgehead atoms. The van der Waals surface area contributed by atoms with Crippen LogP contribution >= 0.6 is 11.3 Å². The van der Waals surface area contributed by atoms with Crippen molar-refractivity contribution in [3.05, 3.63) is 35.2 Å². The van der Waals surface area contributed by atoms with Crippen molar-refractivity contribution < 1.29 is 9.47 Å². The molecule has 0 saturated heterocycles. The van der Waals surface area contributed by atoms with Crippen molar-refractivity contribution in [3.63, 3.8) is 0 Å². The molecule has 0 saturated carbocycles. The van der Waals surface area contributed by atoms with Gasteiger partial charge in [-0.2, -0.15) is 4.98 Å². The number of nitrogens with two attached hydrogens (primary N) is 1. The number of methoxy groups -OCH3 is 1. The monoisotopic (exact) mass is 301 g/mol. The summed E-state index contributed by atoms with van der Waals surface area (Å²) in [5.41, 5.74) is 5.76. The van der Waals surface area contributed by atoms with E-state index in [2.05, 4.69) is 23.0 Å². The molecule has 3 aromatic rings. The molecule has 0 amide bonds. The number of rotatable bonds is 4. The molecule has 3 rings (SSSR count). The van der Waals surface area contributed by atoms with Crippen molar-refractivity contribution in [3.8, 4) is 17.4 Å². The summed E-state index contributed by atoms with van der Waals surface area (Å²) in [4.78, 5) is 10.5. The van der Waals surface area contributed by atoms with Crippen LogP contribution in [0.3, 0.4) is 0 Å². The molecule has 21 heavy (non-hydrogen) atoms. The Morgan fingerprint density at radius 2 is 2.00 bits per heavy atom. The van der Waals surface area contributed by atoms with E-state index in [0.29, 0.717) is 11.6 Å². The zero-order valence-electron chi connectivity index (χ0n) is 11.8. The third kappa shape index (κ3) is 2.75. The largest absolute Gasteiger partial charge is 0.497 e. The Morgan fingerprint density at radius 1 is 1.19 bits per heavy atom. The van der Waals surface area contributed by atoms with Gasteiger partial charge in [0.05, 0.1) is 12.5 Å². The number of thiophene rings is 1. The minimum atomic E-state index is 0.213. The molecule has 0 aliphatic heterocycles. The van der Waals surface area contributed by atoms with E-state index in [4.69, 9.17) is 15.2 Å². The lowest BCUT2D eigenvalue weighted by Crippen LogP contribution is -1.97. The van der Waals surface area contributed by atoms with E-state index in [1.165, 1.54) is 4.88 Å². The highest BCUT2D eigenvalue weighted by atomic mass is 32.1. The highest BCUT2D eigenvalue weighted by Gasteiger charge is 2.12. The summed E-state index contributed by atoms with van der Waals surface area (Å²) in [6.07, 6.45) is 0.944. The second-order valence-corrected chi connectivity index (χ2v) is 5.57. The number of nitrogens with zero attached hydrogens (tertiary/aromatic N) is 2.